The average Bonchev–Trinajstić information content (AvgIpc) is 3.89. The van der Waals surface area contributed by atoms with Crippen LogP contribution in [0.5, 0.6) is 0 Å². The fourth-order valence-electron chi connectivity index (χ4n) is 7.74. The van der Waals surface area contributed by atoms with Gasteiger partial charge < -0.3 is 9.40 Å². The monoisotopic (exact) mass is 959 g/mol. The van der Waals surface area contributed by atoms with Crippen molar-refractivity contribution in [2.75, 3.05) is 0 Å². The normalized spacial score (nSPS) is 11.2. The van der Waals surface area contributed by atoms with E-state index in [1.54, 1.807) is 17.5 Å². The number of nitrogens with zero attached hydrogens (tertiary/aromatic N) is 2. The van der Waals surface area contributed by atoms with Crippen LogP contribution in [-0.2, 0) is 20.1 Å². The zero-order valence-electron chi connectivity index (χ0n) is 33.4. The summed E-state index contributed by atoms with van der Waals surface area (Å²) in [6, 6.07) is 63.4. The van der Waals surface area contributed by atoms with E-state index in [9.17, 15) is 0 Å². The van der Waals surface area contributed by atoms with Gasteiger partial charge in [0, 0.05) is 42.3 Å². The van der Waals surface area contributed by atoms with Crippen molar-refractivity contribution in [2.24, 2.45) is 0 Å². The summed E-state index contributed by atoms with van der Waals surface area (Å²) in [6.45, 7) is 9.21. The minimum Gasteiger partial charge on any atom is -0.501 e. The molecule has 0 fully saturated rings. The smallest absolute Gasteiger partial charge is 0.121 e. The molecule has 0 amide bonds. The van der Waals surface area contributed by atoms with Crippen LogP contribution in [0.1, 0.15) is 50.7 Å². The standard InChI is InChI=1S/C43H34NOS.C11H8N.Ir/c1-26(2)36-23-31(29-15-9-6-10-16-29)24-37(27(3)4)40(36)34-18-12-20-38-42(34)46-43(44-38)35-19-11-17-33-32-22-21-30(25-39(32)45-41(33)35)28-13-7-5-8-14-28;1-2-6-10(7-3-1)11-8-4-5-9-12-11;/h5-18,20-27H,1-4H3;1-6,8-9H;/q2*-1;. The van der Waals surface area contributed by atoms with Gasteiger partial charge in [-0.05, 0) is 74.7 Å². The molecule has 0 aliphatic heterocycles. The molecule has 3 aromatic heterocycles. The minimum absolute atomic E-state index is 0. The predicted octanol–water partition coefficient (Wildman–Crippen LogP) is 15.5. The van der Waals surface area contributed by atoms with Gasteiger partial charge in [0.2, 0.25) is 0 Å². The molecule has 5 heteroatoms. The quantitative estimate of drug-likeness (QED) is 0.149. The Balaban J connectivity index is 0.000000319. The number of fused-ring (bicyclic) bond motifs is 4. The average molecular weight is 959 g/mol. The summed E-state index contributed by atoms with van der Waals surface area (Å²) in [4.78, 5) is 9.41. The SMILES string of the molecule is CC(C)c1cc(-c2ccccc2)cc(C(C)C)c1-c1cccc2nc(-c3[c-]ccc4c3oc3cc(-c5ccccc5)ccc34)sc12.[Ir].[c-]1ccccc1-c1ccccn1. The van der Waals surface area contributed by atoms with Gasteiger partial charge >= 0.3 is 0 Å². The number of hydrogen-bond acceptors (Lipinski definition) is 4. The van der Waals surface area contributed by atoms with Crippen molar-refractivity contribution in [2.45, 2.75) is 39.5 Å². The Morgan fingerprint density at radius 1 is 0.576 bits per heavy atom. The number of thiazole rings is 1. The van der Waals surface area contributed by atoms with Gasteiger partial charge in [-0.2, -0.15) is 11.3 Å². The summed E-state index contributed by atoms with van der Waals surface area (Å²) in [6.07, 6.45) is 1.79. The second-order valence-corrected chi connectivity index (χ2v) is 16.1. The Morgan fingerprint density at radius 3 is 1.93 bits per heavy atom. The molecule has 3 heterocycles. The van der Waals surface area contributed by atoms with Gasteiger partial charge in [0.05, 0.1) is 15.8 Å². The van der Waals surface area contributed by atoms with Gasteiger partial charge in [-0.15, -0.1) is 54.1 Å². The zero-order chi connectivity index (χ0) is 39.6. The molecule has 10 rings (SSSR count). The van der Waals surface area contributed by atoms with E-state index in [0.29, 0.717) is 11.8 Å². The molecular weight excluding hydrogens is 917 g/mol. The number of pyridine rings is 1. The van der Waals surface area contributed by atoms with Gasteiger partial charge in [-0.1, -0.05) is 148 Å². The molecule has 0 spiro atoms. The van der Waals surface area contributed by atoms with Gasteiger partial charge in [0.25, 0.3) is 0 Å². The third-order valence-corrected chi connectivity index (χ3v) is 11.8. The Morgan fingerprint density at radius 2 is 1.27 bits per heavy atom. The van der Waals surface area contributed by atoms with Gasteiger partial charge in [0.1, 0.15) is 5.58 Å². The molecule has 0 N–H and O–H groups in total. The molecule has 0 saturated carbocycles. The summed E-state index contributed by atoms with van der Waals surface area (Å²) < 4.78 is 7.80. The molecule has 0 bridgehead atoms. The van der Waals surface area contributed by atoms with E-state index in [-0.39, 0.29) is 20.1 Å². The van der Waals surface area contributed by atoms with Crippen LogP contribution in [-0.4, -0.2) is 9.97 Å². The molecule has 1 radical (unpaired) electrons. The first-order valence-electron chi connectivity index (χ1n) is 19.9. The van der Waals surface area contributed by atoms with Crippen molar-refractivity contribution in [3.05, 3.63) is 193 Å². The molecule has 0 saturated heterocycles. The summed E-state index contributed by atoms with van der Waals surface area (Å²) in [5.41, 5.74) is 15.8. The summed E-state index contributed by atoms with van der Waals surface area (Å²) >= 11 is 1.74. The maximum absolute atomic E-state index is 6.60. The number of rotatable bonds is 7. The van der Waals surface area contributed by atoms with Crippen molar-refractivity contribution < 1.29 is 24.5 Å². The number of benzene rings is 7. The van der Waals surface area contributed by atoms with Crippen LogP contribution in [0.3, 0.4) is 0 Å². The number of aromatic nitrogens is 2. The molecule has 3 nitrogen and oxygen atoms in total. The van der Waals surface area contributed by atoms with Crippen molar-refractivity contribution in [1.82, 2.24) is 9.97 Å². The largest absolute Gasteiger partial charge is 0.501 e. The van der Waals surface area contributed by atoms with E-state index < -0.39 is 0 Å². The van der Waals surface area contributed by atoms with E-state index in [0.717, 1.165) is 54.8 Å². The molecule has 7 aromatic carbocycles. The fourth-order valence-corrected chi connectivity index (χ4v) is 8.83. The Kier molecular flexibility index (Phi) is 11.8. The second-order valence-electron chi connectivity index (χ2n) is 15.1. The predicted molar refractivity (Wildman–Crippen MR) is 244 cm³/mol. The van der Waals surface area contributed by atoms with Gasteiger partial charge in [-0.3, -0.25) is 4.98 Å². The molecule has 0 atom stereocenters. The van der Waals surface area contributed by atoms with Crippen molar-refractivity contribution in [3.8, 4) is 55.2 Å². The minimum atomic E-state index is 0. The first-order valence-corrected chi connectivity index (χ1v) is 20.7. The summed E-state index contributed by atoms with van der Waals surface area (Å²) in [5.74, 6) is 0.717. The van der Waals surface area contributed by atoms with Crippen LogP contribution in [0.2, 0.25) is 0 Å². The van der Waals surface area contributed by atoms with Crippen molar-refractivity contribution >= 4 is 43.5 Å². The van der Waals surface area contributed by atoms with Crippen LogP contribution < -0.4 is 0 Å². The molecule has 0 aliphatic carbocycles. The first-order chi connectivity index (χ1) is 28.4. The summed E-state index contributed by atoms with van der Waals surface area (Å²) in [5, 5.41) is 3.12. The van der Waals surface area contributed by atoms with E-state index in [1.807, 2.05) is 54.6 Å². The van der Waals surface area contributed by atoms with Crippen molar-refractivity contribution in [3.63, 3.8) is 0 Å². The molecule has 0 aliphatic rings. The van der Waals surface area contributed by atoms with E-state index >= 15 is 0 Å². The van der Waals surface area contributed by atoms with E-state index in [4.69, 9.17) is 9.40 Å². The number of hydrogen-bond donors (Lipinski definition) is 0. The van der Waals surface area contributed by atoms with Gasteiger partial charge in [0.15, 0.2) is 0 Å². The molecule has 10 aromatic rings. The third kappa shape index (κ3) is 8.07. The van der Waals surface area contributed by atoms with Crippen LogP contribution >= 0.6 is 11.3 Å². The molecule has 291 valence electrons. The van der Waals surface area contributed by atoms with E-state index in [1.165, 1.54) is 43.6 Å². The topological polar surface area (TPSA) is 38.9 Å². The maximum atomic E-state index is 6.60. The molecule has 59 heavy (non-hydrogen) atoms. The first kappa shape index (κ1) is 39.8. The molecule has 0 unspecified atom stereocenters. The second kappa shape index (κ2) is 17.5. The van der Waals surface area contributed by atoms with Crippen LogP contribution in [0.25, 0.3) is 87.4 Å². The zero-order valence-corrected chi connectivity index (χ0v) is 36.6. The Bertz CT molecular complexity index is 2920. The van der Waals surface area contributed by atoms with E-state index in [2.05, 4.69) is 154 Å². The van der Waals surface area contributed by atoms with Crippen molar-refractivity contribution in [1.29, 1.82) is 0 Å². The summed E-state index contributed by atoms with van der Waals surface area (Å²) in [7, 11) is 0. The van der Waals surface area contributed by atoms with Crippen LogP contribution in [0.15, 0.2) is 174 Å². The maximum Gasteiger partial charge on any atom is 0.121 e. The third-order valence-electron chi connectivity index (χ3n) is 10.6. The Hall–Kier alpha value is -5.97. The Labute approximate surface area is 363 Å². The van der Waals surface area contributed by atoms with Gasteiger partial charge in [-0.25, -0.2) is 0 Å². The fraction of sp³-hybridized carbons (Fsp3) is 0.111. The number of furan rings is 1. The van der Waals surface area contributed by atoms with Crippen LogP contribution in [0, 0.1) is 12.1 Å². The molecular formula is C54H42IrN2OS-2. The van der Waals surface area contributed by atoms with Crippen LogP contribution in [0.4, 0.5) is 0 Å².